The molecule has 3 aromatic carbocycles. The zero-order valence-electron chi connectivity index (χ0n) is 25.4. The molecule has 1 N–H and O–H groups in total. The van der Waals surface area contributed by atoms with E-state index in [1.807, 2.05) is 76.2 Å². The van der Waals surface area contributed by atoms with Crippen LogP contribution in [-0.2, 0) is 32.6 Å². The van der Waals surface area contributed by atoms with E-state index in [9.17, 15) is 18.0 Å². The van der Waals surface area contributed by atoms with E-state index in [0.29, 0.717) is 21.3 Å². The molecule has 0 aromatic heterocycles. The Morgan fingerprint density at radius 3 is 2.21 bits per heavy atom. The van der Waals surface area contributed by atoms with Gasteiger partial charge in [-0.1, -0.05) is 78.7 Å². The van der Waals surface area contributed by atoms with Gasteiger partial charge in [0.25, 0.3) is 0 Å². The standard InChI is InChI=1S/C33H41Cl2N3O4S/c1-6-25(4)36-33(40)31(21-26-12-8-7-9-13-26)37(22-27-28(34)14-10-15-29(27)35)32(39)16-11-19-38(43(5,41)42)30-20-23(2)17-18-24(30)3/h7-10,12-15,17-18,20,25,31H,6,11,16,19,21-22H2,1-5H3,(H,36,40)/t25-,31-/m0/s1. The molecule has 0 radical (unpaired) electrons. The number of nitrogens with one attached hydrogen (secondary N) is 1. The van der Waals surface area contributed by atoms with Gasteiger partial charge in [0.05, 0.1) is 11.9 Å². The van der Waals surface area contributed by atoms with Crippen LogP contribution in [0.3, 0.4) is 0 Å². The molecule has 0 unspecified atom stereocenters. The summed E-state index contributed by atoms with van der Waals surface area (Å²) >= 11 is 13.0. The Morgan fingerprint density at radius 1 is 0.953 bits per heavy atom. The van der Waals surface area contributed by atoms with Crippen molar-refractivity contribution in [3.63, 3.8) is 0 Å². The molecule has 0 aliphatic rings. The van der Waals surface area contributed by atoms with Gasteiger partial charge in [0.2, 0.25) is 21.8 Å². The van der Waals surface area contributed by atoms with Gasteiger partial charge in [0.1, 0.15) is 6.04 Å². The van der Waals surface area contributed by atoms with Crippen LogP contribution in [0.2, 0.25) is 10.0 Å². The molecule has 43 heavy (non-hydrogen) atoms. The predicted molar refractivity (Wildman–Crippen MR) is 176 cm³/mol. The van der Waals surface area contributed by atoms with E-state index in [1.54, 1.807) is 18.2 Å². The van der Waals surface area contributed by atoms with Gasteiger partial charge in [-0.25, -0.2) is 8.42 Å². The monoisotopic (exact) mass is 645 g/mol. The number of rotatable bonds is 14. The normalized spacial score (nSPS) is 12.8. The van der Waals surface area contributed by atoms with Crippen molar-refractivity contribution < 1.29 is 18.0 Å². The Labute approximate surface area is 266 Å². The van der Waals surface area contributed by atoms with Gasteiger partial charge in [-0.2, -0.15) is 0 Å². The highest BCUT2D eigenvalue weighted by Gasteiger charge is 2.32. The molecule has 232 valence electrons. The third-order valence-corrected chi connectivity index (χ3v) is 9.34. The Kier molecular flexibility index (Phi) is 12.5. The lowest BCUT2D eigenvalue weighted by molar-refractivity contribution is -0.141. The van der Waals surface area contributed by atoms with E-state index >= 15 is 0 Å². The topological polar surface area (TPSA) is 86.8 Å². The van der Waals surface area contributed by atoms with Gasteiger partial charge >= 0.3 is 0 Å². The number of hydrogen-bond donors (Lipinski definition) is 1. The first kappa shape index (κ1) is 34.4. The molecular weight excluding hydrogens is 605 g/mol. The molecule has 2 atom stereocenters. The number of anilines is 1. The summed E-state index contributed by atoms with van der Waals surface area (Å²) in [6.45, 7) is 7.79. The van der Waals surface area contributed by atoms with Crippen LogP contribution in [-0.4, -0.2) is 50.0 Å². The summed E-state index contributed by atoms with van der Waals surface area (Å²) < 4.78 is 26.9. The summed E-state index contributed by atoms with van der Waals surface area (Å²) in [5.74, 6) is -0.575. The zero-order chi connectivity index (χ0) is 31.7. The van der Waals surface area contributed by atoms with Gasteiger partial charge < -0.3 is 10.2 Å². The number of aryl methyl sites for hydroxylation is 2. The van der Waals surface area contributed by atoms with E-state index in [4.69, 9.17) is 23.2 Å². The van der Waals surface area contributed by atoms with E-state index in [-0.39, 0.29) is 50.2 Å². The molecule has 0 aliphatic carbocycles. The van der Waals surface area contributed by atoms with Crippen LogP contribution in [0, 0.1) is 13.8 Å². The highest BCUT2D eigenvalue weighted by Crippen LogP contribution is 2.28. The van der Waals surface area contributed by atoms with Crippen LogP contribution < -0.4 is 9.62 Å². The Morgan fingerprint density at radius 2 is 1.60 bits per heavy atom. The first-order chi connectivity index (χ1) is 20.3. The smallest absolute Gasteiger partial charge is 0.243 e. The van der Waals surface area contributed by atoms with E-state index < -0.39 is 16.1 Å². The minimum atomic E-state index is -3.61. The second kappa shape index (κ2) is 15.6. The second-order valence-electron chi connectivity index (χ2n) is 11.0. The first-order valence-electron chi connectivity index (χ1n) is 14.4. The van der Waals surface area contributed by atoms with Crippen LogP contribution in [0.15, 0.2) is 66.7 Å². The summed E-state index contributed by atoms with van der Waals surface area (Å²) in [6.07, 6.45) is 2.44. The van der Waals surface area contributed by atoms with Crippen LogP contribution in [0.25, 0.3) is 0 Å². The van der Waals surface area contributed by atoms with Crippen LogP contribution in [0.4, 0.5) is 5.69 Å². The van der Waals surface area contributed by atoms with Crippen molar-refractivity contribution in [1.82, 2.24) is 10.2 Å². The van der Waals surface area contributed by atoms with Gasteiger partial charge in [-0.15, -0.1) is 0 Å². The summed E-state index contributed by atoms with van der Waals surface area (Å²) in [7, 11) is -3.61. The van der Waals surface area contributed by atoms with Crippen LogP contribution in [0.1, 0.15) is 55.4 Å². The van der Waals surface area contributed by atoms with Crippen LogP contribution >= 0.6 is 23.2 Å². The fourth-order valence-electron chi connectivity index (χ4n) is 4.82. The minimum absolute atomic E-state index is 0.0147. The third-order valence-electron chi connectivity index (χ3n) is 7.45. The maximum Gasteiger partial charge on any atom is 0.243 e. The lowest BCUT2D eigenvalue weighted by atomic mass is 10.0. The molecule has 0 spiro atoms. The number of benzene rings is 3. The minimum Gasteiger partial charge on any atom is -0.352 e. The van der Waals surface area contributed by atoms with Crippen molar-refractivity contribution >= 4 is 50.7 Å². The second-order valence-corrected chi connectivity index (χ2v) is 13.7. The number of nitrogens with zero attached hydrogens (tertiary/aromatic N) is 2. The van der Waals surface area contributed by atoms with E-state index in [1.165, 1.54) is 9.21 Å². The number of sulfonamides is 1. The lowest BCUT2D eigenvalue weighted by Gasteiger charge is -2.33. The molecule has 0 aliphatic heterocycles. The molecule has 0 saturated heterocycles. The zero-order valence-corrected chi connectivity index (χ0v) is 27.8. The summed E-state index contributed by atoms with van der Waals surface area (Å²) in [5, 5.41) is 3.83. The molecule has 0 saturated carbocycles. The van der Waals surface area contributed by atoms with Crippen molar-refractivity contribution in [3.8, 4) is 0 Å². The van der Waals surface area contributed by atoms with E-state index in [0.717, 1.165) is 29.4 Å². The summed E-state index contributed by atoms with van der Waals surface area (Å²) in [5.41, 5.74) is 3.78. The van der Waals surface area contributed by atoms with Gasteiger partial charge in [0, 0.05) is 47.6 Å². The van der Waals surface area contributed by atoms with Crippen molar-refractivity contribution in [1.29, 1.82) is 0 Å². The highest BCUT2D eigenvalue weighted by atomic mass is 35.5. The average Bonchev–Trinajstić information content (AvgIpc) is 2.95. The molecular formula is C33H41Cl2N3O4S. The Bertz CT molecular complexity index is 1500. The van der Waals surface area contributed by atoms with Crippen LogP contribution in [0.5, 0.6) is 0 Å². The summed E-state index contributed by atoms with van der Waals surface area (Å²) in [6, 6.07) is 19.4. The fourth-order valence-corrected chi connectivity index (χ4v) is 6.35. The number of carbonyl (C=O) groups excluding carboxylic acids is 2. The van der Waals surface area contributed by atoms with Gasteiger partial charge in [-0.05, 0) is 68.5 Å². The van der Waals surface area contributed by atoms with Gasteiger partial charge in [0.15, 0.2) is 0 Å². The molecule has 7 nitrogen and oxygen atoms in total. The summed E-state index contributed by atoms with van der Waals surface area (Å²) in [4.78, 5) is 29.3. The molecule has 3 rings (SSSR count). The van der Waals surface area contributed by atoms with Crippen molar-refractivity contribution in [2.45, 2.75) is 72.0 Å². The molecule has 0 fully saturated rings. The van der Waals surface area contributed by atoms with Crippen molar-refractivity contribution in [2.75, 3.05) is 17.1 Å². The van der Waals surface area contributed by atoms with Crippen molar-refractivity contribution in [3.05, 3.63) is 99.0 Å². The maximum atomic E-state index is 14.0. The largest absolute Gasteiger partial charge is 0.352 e. The molecule has 2 amide bonds. The maximum absolute atomic E-state index is 14.0. The number of carbonyl (C=O) groups is 2. The lowest BCUT2D eigenvalue weighted by Crippen LogP contribution is -2.52. The number of hydrogen-bond acceptors (Lipinski definition) is 4. The Balaban J connectivity index is 1.95. The number of halogens is 2. The highest BCUT2D eigenvalue weighted by molar-refractivity contribution is 7.92. The molecule has 10 heteroatoms. The quantitative estimate of drug-likeness (QED) is 0.211. The molecule has 3 aromatic rings. The fraction of sp³-hybridized carbons (Fsp3) is 0.394. The third kappa shape index (κ3) is 9.71. The Hall–Kier alpha value is -3.07. The van der Waals surface area contributed by atoms with E-state index in [2.05, 4.69) is 5.32 Å². The van der Waals surface area contributed by atoms with Gasteiger partial charge in [-0.3, -0.25) is 13.9 Å². The average molecular weight is 647 g/mol. The first-order valence-corrected chi connectivity index (χ1v) is 17.0. The number of amides is 2. The SMILES string of the molecule is CC[C@H](C)NC(=O)[C@H](Cc1ccccc1)N(Cc1c(Cl)cccc1Cl)C(=O)CCCN(c1cc(C)ccc1C)S(C)(=O)=O. The van der Waals surface area contributed by atoms with Crippen molar-refractivity contribution in [2.24, 2.45) is 0 Å². The molecule has 0 heterocycles. The molecule has 0 bridgehead atoms. The predicted octanol–water partition coefficient (Wildman–Crippen LogP) is 6.71.